The fourth-order valence-electron chi connectivity index (χ4n) is 3.68. The third-order valence-electron chi connectivity index (χ3n) is 5.16. The van der Waals surface area contributed by atoms with Crippen LogP contribution in [0.2, 0.25) is 0 Å². The summed E-state index contributed by atoms with van der Waals surface area (Å²) in [6.07, 6.45) is 3.91. The molecule has 0 atom stereocenters. The zero-order valence-electron chi connectivity index (χ0n) is 16.9. The highest BCUT2D eigenvalue weighted by molar-refractivity contribution is 7.19. The van der Waals surface area contributed by atoms with E-state index in [1.807, 2.05) is 56.3 Å². The second kappa shape index (κ2) is 8.51. The number of nitrogens with zero attached hydrogens (tertiary/aromatic N) is 5. The number of hydrogen-bond acceptors (Lipinski definition) is 6. The molecule has 152 valence electrons. The van der Waals surface area contributed by atoms with Crippen molar-refractivity contribution in [1.82, 2.24) is 14.8 Å². The van der Waals surface area contributed by atoms with Crippen LogP contribution in [0.5, 0.6) is 0 Å². The second-order valence-electron chi connectivity index (χ2n) is 7.21. The fourth-order valence-corrected chi connectivity index (χ4v) is 4.47. The molecule has 0 saturated carbocycles. The maximum Gasteiger partial charge on any atom is 0.268 e. The van der Waals surface area contributed by atoms with Gasteiger partial charge >= 0.3 is 0 Å². The maximum atomic E-state index is 12.7. The molecule has 3 heterocycles. The van der Waals surface area contributed by atoms with Gasteiger partial charge < -0.3 is 9.47 Å². The summed E-state index contributed by atoms with van der Waals surface area (Å²) in [4.78, 5) is 14.8. The zero-order chi connectivity index (χ0) is 21.1. The van der Waals surface area contributed by atoms with Gasteiger partial charge in [-0.05, 0) is 56.5 Å². The van der Waals surface area contributed by atoms with Gasteiger partial charge in [0, 0.05) is 30.2 Å². The number of carbonyl (C=O) groups is 1. The quantitative estimate of drug-likeness (QED) is 0.498. The number of para-hydroxylation sites is 1. The van der Waals surface area contributed by atoms with Gasteiger partial charge in [0.15, 0.2) is 0 Å². The molecule has 1 fully saturated rings. The van der Waals surface area contributed by atoms with Crippen LogP contribution in [0, 0.1) is 25.2 Å². The van der Waals surface area contributed by atoms with Crippen LogP contribution in [0.4, 0.5) is 10.3 Å². The highest BCUT2D eigenvalue weighted by atomic mass is 32.1. The van der Waals surface area contributed by atoms with E-state index < -0.39 is 5.91 Å². The normalized spacial score (nSPS) is 14.0. The summed E-state index contributed by atoms with van der Waals surface area (Å²) in [5.74, 6) is -0.480. The number of nitriles is 1. The highest BCUT2D eigenvalue weighted by Crippen LogP contribution is 2.27. The third-order valence-corrected chi connectivity index (χ3v) is 6.06. The van der Waals surface area contributed by atoms with Gasteiger partial charge in [-0.25, -0.2) is 0 Å². The molecule has 1 aromatic carbocycles. The van der Waals surface area contributed by atoms with Crippen LogP contribution in [-0.4, -0.2) is 33.8 Å². The van der Waals surface area contributed by atoms with E-state index in [1.165, 1.54) is 11.3 Å². The van der Waals surface area contributed by atoms with Gasteiger partial charge in [-0.3, -0.25) is 10.1 Å². The van der Waals surface area contributed by atoms with E-state index in [2.05, 4.69) is 25.0 Å². The van der Waals surface area contributed by atoms with Gasteiger partial charge in [-0.15, -0.1) is 10.2 Å². The van der Waals surface area contributed by atoms with Gasteiger partial charge in [-0.2, -0.15) is 5.26 Å². The Morgan fingerprint density at radius 2 is 1.93 bits per heavy atom. The Bertz CT molecular complexity index is 1130. The van der Waals surface area contributed by atoms with Gasteiger partial charge in [0.1, 0.15) is 11.6 Å². The lowest BCUT2D eigenvalue weighted by molar-refractivity contribution is -0.112. The molecule has 1 amide bonds. The lowest BCUT2D eigenvalue weighted by Gasteiger charge is -2.10. The molecule has 0 bridgehead atoms. The van der Waals surface area contributed by atoms with Crippen LogP contribution in [0.3, 0.4) is 0 Å². The molecule has 0 spiro atoms. The molecule has 30 heavy (non-hydrogen) atoms. The molecule has 3 aromatic rings. The fraction of sp³-hybridized carbons (Fsp3) is 0.273. The largest absolute Gasteiger partial charge is 0.347 e. The van der Waals surface area contributed by atoms with Gasteiger partial charge in [0.2, 0.25) is 10.3 Å². The topological polar surface area (TPSA) is 86.8 Å². The molecule has 0 unspecified atom stereocenters. The number of rotatable bonds is 5. The Labute approximate surface area is 179 Å². The van der Waals surface area contributed by atoms with E-state index in [0.717, 1.165) is 53.7 Å². The SMILES string of the molecule is Cc1cc(/C=C(/C#N)C(=O)Nc2nnc(N3CCCC3)s2)c(C)n1-c1ccccc1. The molecule has 1 aliphatic heterocycles. The molecule has 1 N–H and O–H groups in total. The number of carbonyl (C=O) groups excluding carboxylic acids is 1. The lowest BCUT2D eigenvalue weighted by atomic mass is 10.1. The first-order chi connectivity index (χ1) is 14.6. The molecular formula is C22H22N6OS. The van der Waals surface area contributed by atoms with Crippen LogP contribution in [0.25, 0.3) is 11.8 Å². The Morgan fingerprint density at radius 3 is 2.63 bits per heavy atom. The van der Waals surface area contributed by atoms with Crippen LogP contribution in [-0.2, 0) is 4.79 Å². The van der Waals surface area contributed by atoms with Gasteiger partial charge in [0.25, 0.3) is 5.91 Å². The number of aryl methyl sites for hydroxylation is 1. The summed E-state index contributed by atoms with van der Waals surface area (Å²) in [6.45, 7) is 5.91. The van der Waals surface area contributed by atoms with Crippen LogP contribution in [0.1, 0.15) is 29.8 Å². The van der Waals surface area contributed by atoms with E-state index in [-0.39, 0.29) is 5.57 Å². The van der Waals surface area contributed by atoms with Crippen molar-refractivity contribution in [1.29, 1.82) is 5.26 Å². The average molecular weight is 419 g/mol. The molecule has 2 aromatic heterocycles. The van der Waals surface area contributed by atoms with Crippen LogP contribution >= 0.6 is 11.3 Å². The molecule has 1 aliphatic rings. The minimum absolute atomic E-state index is 0.0289. The molecule has 0 aliphatic carbocycles. The van der Waals surface area contributed by atoms with E-state index in [4.69, 9.17) is 0 Å². The maximum absolute atomic E-state index is 12.7. The van der Waals surface area contributed by atoms with Crippen molar-refractivity contribution >= 4 is 33.6 Å². The minimum atomic E-state index is -0.480. The van der Waals surface area contributed by atoms with Crippen LogP contribution in [0.15, 0.2) is 42.0 Å². The van der Waals surface area contributed by atoms with E-state index >= 15 is 0 Å². The summed E-state index contributed by atoms with van der Waals surface area (Å²) >= 11 is 1.33. The summed E-state index contributed by atoms with van der Waals surface area (Å²) < 4.78 is 2.10. The predicted octanol–water partition coefficient (Wildman–Crippen LogP) is 4.09. The van der Waals surface area contributed by atoms with Crippen molar-refractivity contribution in [3.8, 4) is 11.8 Å². The Kier molecular flexibility index (Phi) is 5.63. The van der Waals surface area contributed by atoms with Crippen molar-refractivity contribution in [2.45, 2.75) is 26.7 Å². The average Bonchev–Trinajstić information content (AvgIpc) is 3.48. The standard InChI is InChI=1S/C22H22N6OS/c1-15-12-17(16(2)28(15)19-8-4-3-5-9-19)13-18(14-23)20(29)24-21-25-26-22(30-21)27-10-6-7-11-27/h3-5,8-9,12-13H,6-7,10-11H2,1-2H3,(H,24,25,29)/b18-13-. The predicted molar refractivity (Wildman–Crippen MR) is 119 cm³/mol. The van der Waals surface area contributed by atoms with Gasteiger partial charge in [0.05, 0.1) is 0 Å². The monoisotopic (exact) mass is 418 g/mol. The first kappa shape index (κ1) is 19.9. The van der Waals surface area contributed by atoms with E-state index in [1.54, 1.807) is 6.08 Å². The Hall–Kier alpha value is -3.44. The molecule has 7 nitrogen and oxygen atoms in total. The summed E-state index contributed by atoms with van der Waals surface area (Å²) in [6, 6.07) is 14.0. The molecular weight excluding hydrogens is 396 g/mol. The first-order valence-electron chi connectivity index (χ1n) is 9.83. The van der Waals surface area contributed by atoms with Crippen LogP contribution < -0.4 is 10.2 Å². The number of anilines is 2. The number of amides is 1. The molecule has 4 rings (SSSR count). The molecule has 8 heteroatoms. The van der Waals surface area contributed by atoms with E-state index in [9.17, 15) is 10.1 Å². The summed E-state index contributed by atoms with van der Waals surface area (Å²) in [5.41, 5.74) is 3.89. The van der Waals surface area contributed by atoms with Crippen molar-refractivity contribution < 1.29 is 4.79 Å². The highest BCUT2D eigenvalue weighted by Gasteiger charge is 2.19. The minimum Gasteiger partial charge on any atom is -0.347 e. The summed E-state index contributed by atoms with van der Waals surface area (Å²) in [5, 5.41) is 21.7. The lowest BCUT2D eigenvalue weighted by Crippen LogP contribution is -2.17. The number of nitrogens with one attached hydrogen (secondary N) is 1. The molecule has 1 saturated heterocycles. The third kappa shape index (κ3) is 3.98. The van der Waals surface area contributed by atoms with Gasteiger partial charge in [-0.1, -0.05) is 29.5 Å². The number of hydrogen-bond donors (Lipinski definition) is 1. The Balaban J connectivity index is 1.55. The van der Waals surface area contributed by atoms with E-state index in [0.29, 0.717) is 5.13 Å². The number of benzene rings is 1. The van der Waals surface area contributed by atoms with Crippen molar-refractivity contribution in [2.24, 2.45) is 0 Å². The smallest absolute Gasteiger partial charge is 0.268 e. The zero-order valence-corrected chi connectivity index (χ0v) is 17.7. The Morgan fingerprint density at radius 1 is 1.20 bits per heavy atom. The summed E-state index contributed by atoms with van der Waals surface area (Å²) in [7, 11) is 0. The second-order valence-corrected chi connectivity index (χ2v) is 8.16. The molecule has 0 radical (unpaired) electrons. The van der Waals surface area contributed by atoms with Crippen molar-refractivity contribution in [2.75, 3.05) is 23.3 Å². The first-order valence-corrected chi connectivity index (χ1v) is 10.6. The van der Waals surface area contributed by atoms with Crippen molar-refractivity contribution in [3.05, 3.63) is 58.9 Å². The van der Waals surface area contributed by atoms with Crippen molar-refractivity contribution in [3.63, 3.8) is 0 Å². The number of aromatic nitrogens is 3.